The van der Waals surface area contributed by atoms with Crippen LogP contribution >= 0.6 is 22.9 Å². The van der Waals surface area contributed by atoms with Crippen LogP contribution in [0.15, 0.2) is 54.2 Å². The van der Waals surface area contributed by atoms with Crippen LogP contribution < -0.4 is 5.32 Å². The van der Waals surface area contributed by atoms with Gasteiger partial charge in [-0.1, -0.05) is 17.7 Å². The Kier molecular flexibility index (Phi) is 5.00. The van der Waals surface area contributed by atoms with Crippen LogP contribution in [0.3, 0.4) is 0 Å². The van der Waals surface area contributed by atoms with E-state index in [4.69, 9.17) is 11.6 Å². The highest BCUT2D eigenvalue weighted by atomic mass is 35.5. The standard InChI is InChI=1S/C17H14ClN3OS/c18-13-4-1-5-14(9-13)20-16(22)6-7-17-21-15(11-23-17)12-3-2-8-19-10-12/h1-5,8-11H,6-7H2,(H,20,22). The van der Waals surface area contributed by atoms with Gasteiger partial charge >= 0.3 is 0 Å². The number of anilines is 1. The molecule has 0 saturated heterocycles. The fourth-order valence-corrected chi connectivity index (χ4v) is 3.08. The van der Waals surface area contributed by atoms with E-state index >= 15 is 0 Å². The van der Waals surface area contributed by atoms with E-state index < -0.39 is 0 Å². The number of nitrogens with zero attached hydrogens (tertiary/aromatic N) is 2. The van der Waals surface area contributed by atoms with E-state index in [0.29, 0.717) is 23.6 Å². The van der Waals surface area contributed by atoms with E-state index in [1.807, 2.05) is 23.6 Å². The molecule has 2 heterocycles. The molecule has 0 bridgehead atoms. The molecule has 0 atom stereocenters. The van der Waals surface area contributed by atoms with Crippen molar-refractivity contribution in [3.05, 3.63) is 64.2 Å². The molecule has 1 aromatic carbocycles. The maximum Gasteiger partial charge on any atom is 0.224 e. The second kappa shape index (κ2) is 7.35. The molecule has 2 aromatic heterocycles. The zero-order valence-corrected chi connectivity index (χ0v) is 13.8. The van der Waals surface area contributed by atoms with Crippen molar-refractivity contribution in [2.45, 2.75) is 12.8 Å². The first-order valence-corrected chi connectivity index (χ1v) is 8.37. The molecule has 0 fully saturated rings. The molecular weight excluding hydrogens is 330 g/mol. The van der Waals surface area contributed by atoms with E-state index in [2.05, 4.69) is 15.3 Å². The van der Waals surface area contributed by atoms with E-state index in [-0.39, 0.29) is 5.91 Å². The number of amides is 1. The number of benzene rings is 1. The first-order chi connectivity index (χ1) is 11.2. The molecule has 0 radical (unpaired) electrons. The summed E-state index contributed by atoms with van der Waals surface area (Å²) in [5.41, 5.74) is 2.59. The highest BCUT2D eigenvalue weighted by Gasteiger charge is 2.08. The van der Waals surface area contributed by atoms with E-state index in [1.165, 1.54) is 0 Å². The second-order valence-electron chi connectivity index (χ2n) is 4.93. The molecule has 0 aliphatic heterocycles. The van der Waals surface area contributed by atoms with Crippen molar-refractivity contribution in [3.8, 4) is 11.3 Å². The third kappa shape index (κ3) is 4.37. The van der Waals surface area contributed by atoms with Gasteiger partial charge in [-0.3, -0.25) is 9.78 Å². The lowest BCUT2D eigenvalue weighted by atomic mass is 10.2. The quantitative estimate of drug-likeness (QED) is 0.745. The van der Waals surface area contributed by atoms with Crippen LogP contribution in [0.4, 0.5) is 5.69 Å². The molecule has 0 saturated carbocycles. The summed E-state index contributed by atoms with van der Waals surface area (Å²) < 4.78 is 0. The highest BCUT2D eigenvalue weighted by Crippen LogP contribution is 2.22. The van der Waals surface area contributed by atoms with Crippen molar-refractivity contribution in [3.63, 3.8) is 0 Å². The summed E-state index contributed by atoms with van der Waals surface area (Å²) in [6.07, 6.45) is 4.51. The van der Waals surface area contributed by atoms with Crippen LogP contribution in [0.2, 0.25) is 5.02 Å². The SMILES string of the molecule is O=C(CCc1nc(-c2cccnc2)cs1)Nc1cccc(Cl)c1. The Morgan fingerprint density at radius 2 is 2.17 bits per heavy atom. The summed E-state index contributed by atoms with van der Waals surface area (Å²) in [5, 5.41) is 6.36. The maximum absolute atomic E-state index is 12.0. The van der Waals surface area contributed by atoms with E-state index in [0.717, 1.165) is 16.3 Å². The molecule has 3 rings (SSSR count). The summed E-state index contributed by atoms with van der Waals surface area (Å²) in [4.78, 5) is 20.6. The Balaban J connectivity index is 1.56. The average Bonchev–Trinajstić information content (AvgIpc) is 3.03. The molecule has 1 N–H and O–H groups in total. The fourth-order valence-electron chi connectivity index (χ4n) is 2.08. The largest absolute Gasteiger partial charge is 0.326 e. The molecule has 0 spiro atoms. The van der Waals surface area contributed by atoms with Gasteiger partial charge in [0.05, 0.1) is 10.7 Å². The van der Waals surface area contributed by atoms with Gasteiger partial charge in [0.1, 0.15) is 0 Å². The Bertz CT molecular complexity index is 804. The van der Waals surface area contributed by atoms with Gasteiger partial charge < -0.3 is 5.32 Å². The van der Waals surface area contributed by atoms with Crippen molar-refractivity contribution in [1.29, 1.82) is 0 Å². The molecule has 23 heavy (non-hydrogen) atoms. The molecule has 3 aromatic rings. The second-order valence-corrected chi connectivity index (χ2v) is 6.31. The molecule has 1 amide bonds. The van der Waals surface area contributed by atoms with Crippen LogP contribution in [0.25, 0.3) is 11.3 Å². The van der Waals surface area contributed by atoms with Crippen molar-refractivity contribution in [2.24, 2.45) is 0 Å². The monoisotopic (exact) mass is 343 g/mol. The number of hydrogen-bond acceptors (Lipinski definition) is 4. The van der Waals surface area contributed by atoms with Gasteiger partial charge in [0.15, 0.2) is 0 Å². The van der Waals surface area contributed by atoms with Crippen molar-refractivity contribution in [2.75, 3.05) is 5.32 Å². The van der Waals surface area contributed by atoms with Crippen molar-refractivity contribution in [1.82, 2.24) is 9.97 Å². The molecular formula is C17H14ClN3OS. The van der Waals surface area contributed by atoms with Gasteiger partial charge in [-0.15, -0.1) is 11.3 Å². The zero-order valence-electron chi connectivity index (χ0n) is 12.2. The fraction of sp³-hybridized carbons (Fsp3) is 0.118. The number of aromatic nitrogens is 2. The summed E-state index contributed by atoms with van der Waals surface area (Å²) in [5.74, 6) is -0.0506. The predicted octanol–water partition coefficient (Wildman–Crippen LogP) is 4.43. The number of pyridine rings is 1. The lowest BCUT2D eigenvalue weighted by Crippen LogP contribution is -2.12. The first-order valence-electron chi connectivity index (χ1n) is 7.11. The molecule has 0 aliphatic carbocycles. The molecule has 0 aliphatic rings. The lowest BCUT2D eigenvalue weighted by molar-refractivity contribution is -0.116. The van der Waals surface area contributed by atoms with Gasteiger partial charge in [0.25, 0.3) is 0 Å². The summed E-state index contributed by atoms with van der Waals surface area (Å²) in [6.45, 7) is 0. The summed E-state index contributed by atoms with van der Waals surface area (Å²) in [6, 6.07) is 11.0. The van der Waals surface area contributed by atoms with Crippen LogP contribution in [0.1, 0.15) is 11.4 Å². The van der Waals surface area contributed by atoms with E-state index in [1.54, 1.807) is 41.9 Å². The Morgan fingerprint density at radius 1 is 1.26 bits per heavy atom. The Hall–Kier alpha value is -2.24. The number of thiazole rings is 1. The van der Waals surface area contributed by atoms with Gasteiger partial charge in [-0.05, 0) is 30.3 Å². The van der Waals surface area contributed by atoms with Crippen molar-refractivity contribution < 1.29 is 4.79 Å². The lowest BCUT2D eigenvalue weighted by Gasteiger charge is -2.04. The minimum atomic E-state index is -0.0506. The third-order valence-corrected chi connectivity index (χ3v) is 4.33. The maximum atomic E-state index is 12.0. The van der Waals surface area contributed by atoms with Crippen LogP contribution in [-0.2, 0) is 11.2 Å². The molecule has 4 nitrogen and oxygen atoms in total. The minimum absolute atomic E-state index is 0.0506. The molecule has 6 heteroatoms. The number of rotatable bonds is 5. The number of halogens is 1. The highest BCUT2D eigenvalue weighted by molar-refractivity contribution is 7.09. The molecule has 116 valence electrons. The number of hydrogen-bond donors (Lipinski definition) is 1. The first kappa shape index (κ1) is 15.6. The number of carbonyl (C=O) groups is 1. The van der Waals surface area contributed by atoms with Crippen molar-refractivity contribution >= 4 is 34.5 Å². The van der Waals surface area contributed by atoms with E-state index in [9.17, 15) is 4.79 Å². The summed E-state index contributed by atoms with van der Waals surface area (Å²) in [7, 11) is 0. The number of nitrogens with one attached hydrogen (secondary N) is 1. The number of carbonyl (C=O) groups excluding carboxylic acids is 1. The minimum Gasteiger partial charge on any atom is -0.326 e. The average molecular weight is 344 g/mol. The normalized spacial score (nSPS) is 10.5. The predicted molar refractivity (Wildman–Crippen MR) is 93.7 cm³/mol. The molecule has 0 unspecified atom stereocenters. The van der Waals surface area contributed by atoms with Crippen LogP contribution in [0.5, 0.6) is 0 Å². The Morgan fingerprint density at radius 3 is 2.96 bits per heavy atom. The topological polar surface area (TPSA) is 54.9 Å². The van der Waals surface area contributed by atoms with Gasteiger partial charge in [0, 0.05) is 46.9 Å². The van der Waals surface area contributed by atoms with Gasteiger partial charge in [0.2, 0.25) is 5.91 Å². The van der Waals surface area contributed by atoms with Gasteiger partial charge in [-0.2, -0.15) is 0 Å². The van der Waals surface area contributed by atoms with Gasteiger partial charge in [-0.25, -0.2) is 4.98 Å². The van der Waals surface area contributed by atoms with Crippen LogP contribution in [0, 0.1) is 0 Å². The Labute approximate surface area is 143 Å². The van der Waals surface area contributed by atoms with Crippen LogP contribution in [-0.4, -0.2) is 15.9 Å². The summed E-state index contributed by atoms with van der Waals surface area (Å²) >= 11 is 7.45. The third-order valence-electron chi connectivity index (χ3n) is 3.18. The number of aryl methyl sites for hydroxylation is 1. The zero-order chi connectivity index (χ0) is 16.1. The smallest absolute Gasteiger partial charge is 0.224 e.